The van der Waals surface area contributed by atoms with Crippen LogP contribution < -0.4 is 5.32 Å². The number of aryl methyl sites for hydroxylation is 2. The van der Waals surface area contributed by atoms with Crippen molar-refractivity contribution >= 4 is 21.7 Å². The zero-order chi connectivity index (χ0) is 19.0. The number of anilines is 1. The largest absolute Gasteiger partial charge is 0.748 e. The molecule has 1 N–H and O–H groups in total. The van der Waals surface area contributed by atoms with Crippen LogP contribution in [0.4, 0.5) is 5.69 Å². The summed E-state index contributed by atoms with van der Waals surface area (Å²) in [6.07, 6.45) is 5.06. The number of piperidine rings is 1. The molecule has 1 heterocycles. The fraction of sp³-hybridized carbons (Fsp3) is 0.611. The molecule has 0 aromatic heterocycles. The Bertz CT molecular complexity index is 643. The lowest BCUT2D eigenvalue weighted by molar-refractivity contribution is -0.122. The van der Waals surface area contributed by atoms with Gasteiger partial charge >= 0.3 is 0 Å². The van der Waals surface area contributed by atoms with Gasteiger partial charge < -0.3 is 9.87 Å². The third kappa shape index (κ3) is 7.98. The molecule has 1 atom stereocenters. The summed E-state index contributed by atoms with van der Waals surface area (Å²) in [7, 11) is -3.92. The molecule has 6 nitrogen and oxygen atoms in total. The van der Waals surface area contributed by atoms with Crippen LogP contribution in [-0.2, 0) is 14.9 Å². The third-order valence-electron chi connectivity index (χ3n) is 4.16. The first-order valence-corrected chi connectivity index (χ1v) is 10.5. The second-order valence-electron chi connectivity index (χ2n) is 6.51. The summed E-state index contributed by atoms with van der Waals surface area (Å²) < 4.78 is 27.2. The van der Waals surface area contributed by atoms with Gasteiger partial charge in [-0.1, -0.05) is 31.5 Å². The van der Waals surface area contributed by atoms with E-state index in [1.807, 2.05) is 32.0 Å². The number of carbonyl (C=O) groups is 1. The molecule has 1 unspecified atom stereocenters. The van der Waals surface area contributed by atoms with Crippen molar-refractivity contribution in [2.24, 2.45) is 0 Å². The SMILES string of the molecule is CCCN1CCCCC1C(=O)Nc1c(C)cccc1C.CS(=O)(=O)[O-]. The van der Waals surface area contributed by atoms with Gasteiger partial charge in [0, 0.05) is 11.9 Å². The summed E-state index contributed by atoms with van der Waals surface area (Å²) in [4.78, 5) is 14.9. The topological polar surface area (TPSA) is 89.5 Å². The highest BCUT2D eigenvalue weighted by molar-refractivity contribution is 7.84. The van der Waals surface area contributed by atoms with E-state index in [2.05, 4.69) is 17.1 Å². The number of hydrogen-bond donors (Lipinski definition) is 1. The molecule has 7 heteroatoms. The number of hydrogen-bond acceptors (Lipinski definition) is 5. The highest BCUT2D eigenvalue weighted by Gasteiger charge is 2.28. The Hall–Kier alpha value is -1.44. The average Bonchev–Trinajstić information content (AvgIpc) is 2.50. The summed E-state index contributed by atoms with van der Waals surface area (Å²) in [5, 5.41) is 3.16. The fourth-order valence-electron chi connectivity index (χ4n) is 3.06. The molecule has 0 saturated carbocycles. The standard InChI is InChI=1S/C17H26N2O.CH4O3S/c1-4-11-19-12-6-5-10-15(19)17(20)18-16-13(2)8-7-9-14(16)3;1-5(2,3)4/h7-9,15H,4-6,10-12H2,1-3H3,(H,18,20);1H3,(H,2,3,4)/p-1. The quantitative estimate of drug-likeness (QED) is 0.824. The highest BCUT2D eigenvalue weighted by atomic mass is 32.2. The Morgan fingerprint density at radius 3 is 2.36 bits per heavy atom. The van der Waals surface area contributed by atoms with Gasteiger partial charge in [0.2, 0.25) is 5.91 Å². The maximum absolute atomic E-state index is 12.6. The van der Waals surface area contributed by atoms with Crippen LogP contribution in [0.1, 0.15) is 43.7 Å². The zero-order valence-corrected chi connectivity index (χ0v) is 16.4. The number of nitrogens with one attached hydrogen (secondary N) is 1. The smallest absolute Gasteiger partial charge is 0.241 e. The van der Waals surface area contributed by atoms with Crippen molar-refractivity contribution in [1.82, 2.24) is 4.90 Å². The first-order valence-electron chi connectivity index (χ1n) is 8.65. The van der Waals surface area contributed by atoms with Gasteiger partial charge in [0.05, 0.1) is 16.2 Å². The lowest BCUT2D eigenvalue weighted by Crippen LogP contribution is -2.47. The summed E-state index contributed by atoms with van der Waals surface area (Å²) in [5.41, 5.74) is 3.26. The molecule has 0 spiro atoms. The molecule has 1 fully saturated rings. The van der Waals surface area contributed by atoms with Crippen molar-refractivity contribution in [2.45, 2.75) is 52.5 Å². The minimum Gasteiger partial charge on any atom is -0.748 e. The van der Waals surface area contributed by atoms with Gasteiger partial charge in [0.25, 0.3) is 0 Å². The van der Waals surface area contributed by atoms with Crippen LogP contribution in [0.5, 0.6) is 0 Å². The molecule has 25 heavy (non-hydrogen) atoms. The first kappa shape index (κ1) is 21.6. The molecule has 1 aromatic rings. The minimum absolute atomic E-state index is 0.0442. The molecule has 1 aliphatic rings. The third-order valence-corrected chi connectivity index (χ3v) is 4.16. The van der Waals surface area contributed by atoms with Gasteiger partial charge in [0.15, 0.2) is 0 Å². The van der Waals surface area contributed by atoms with E-state index in [0.29, 0.717) is 6.26 Å². The van der Waals surface area contributed by atoms with E-state index in [1.54, 1.807) is 0 Å². The van der Waals surface area contributed by atoms with E-state index in [0.717, 1.165) is 49.2 Å². The van der Waals surface area contributed by atoms with E-state index in [1.165, 1.54) is 6.42 Å². The Kier molecular flexibility index (Phi) is 8.55. The van der Waals surface area contributed by atoms with Gasteiger partial charge in [0.1, 0.15) is 0 Å². The van der Waals surface area contributed by atoms with Gasteiger partial charge in [-0.05, 0) is 57.3 Å². The van der Waals surface area contributed by atoms with Crippen molar-refractivity contribution in [3.63, 3.8) is 0 Å². The second kappa shape index (κ2) is 9.89. The molecule has 1 amide bonds. The highest BCUT2D eigenvalue weighted by Crippen LogP contribution is 2.23. The number of para-hydroxylation sites is 1. The molecule has 2 rings (SSSR count). The molecule has 0 aliphatic carbocycles. The maximum Gasteiger partial charge on any atom is 0.241 e. The fourth-order valence-corrected chi connectivity index (χ4v) is 3.06. The maximum atomic E-state index is 12.6. The minimum atomic E-state index is -3.92. The van der Waals surface area contributed by atoms with Crippen LogP contribution >= 0.6 is 0 Å². The number of benzene rings is 1. The second-order valence-corrected chi connectivity index (χ2v) is 7.92. The van der Waals surface area contributed by atoms with E-state index >= 15 is 0 Å². The summed E-state index contributed by atoms with van der Waals surface area (Å²) in [6.45, 7) is 8.35. The van der Waals surface area contributed by atoms with Gasteiger partial charge in [-0.2, -0.15) is 0 Å². The molecule has 0 bridgehead atoms. The monoisotopic (exact) mass is 369 g/mol. The van der Waals surface area contributed by atoms with Crippen LogP contribution in [0.25, 0.3) is 0 Å². The molecule has 1 aliphatic heterocycles. The van der Waals surface area contributed by atoms with Crippen LogP contribution in [0.2, 0.25) is 0 Å². The van der Waals surface area contributed by atoms with Crippen molar-refractivity contribution in [3.05, 3.63) is 29.3 Å². The van der Waals surface area contributed by atoms with Crippen molar-refractivity contribution in [2.75, 3.05) is 24.7 Å². The summed E-state index contributed by atoms with van der Waals surface area (Å²) in [6, 6.07) is 6.17. The van der Waals surface area contributed by atoms with Crippen molar-refractivity contribution in [3.8, 4) is 0 Å². The Morgan fingerprint density at radius 1 is 1.28 bits per heavy atom. The zero-order valence-electron chi connectivity index (χ0n) is 15.5. The number of rotatable bonds is 4. The molecule has 1 aromatic carbocycles. The van der Waals surface area contributed by atoms with Crippen LogP contribution in [0, 0.1) is 13.8 Å². The lowest BCUT2D eigenvalue weighted by Gasteiger charge is -2.34. The molecular formula is C18H29N2O4S-. The Balaban J connectivity index is 0.000000550. The van der Waals surface area contributed by atoms with Crippen molar-refractivity contribution < 1.29 is 17.8 Å². The number of carbonyl (C=O) groups excluding carboxylic acids is 1. The summed E-state index contributed by atoms with van der Waals surface area (Å²) in [5.74, 6) is 0.163. The van der Waals surface area contributed by atoms with E-state index < -0.39 is 10.1 Å². The Labute approximate surface area is 151 Å². The van der Waals surface area contributed by atoms with E-state index in [-0.39, 0.29) is 11.9 Å². The molecule has 1 saturated heterocycles. The normalized spacial score (nSPS) is 18.2. The van der Waals surface area contributed by atoms with Gasteiger partial charge in [-0.15, -0.1) is 0 Å². The van der Waals surface area contributed by atoms with Crippen LogP contribution in [-0.4, -0.2) is 49.2 Å². The average molecular weight is 370 g/mol. The first-order chi connectivity index (χ1) is 11.6. The number of amides is 1. The van der Waals surface area contributed by atoms with E-state index in [9.17, 15) is 4.79 Å². The van der Waals surface area contributed by atoms with Crippen molar-refractivity contribution in [1.29, 1.82) is 0 Å². The molecule has 142 valence electrons. The van der Waals surface area contributed by atoms with Crippen LogP contribution in [0.15, 0.2) is 18.2 Å². The number of likely N-dealkylation sites (tertiary alicyclic amines) is 1. The lowest BCUT2D eigenvalue weighted by atomic mass is 10.0. The van der Waals surface area contributed by atoms with Crippen LogP contribution in [0.3, 0.4) is 0 Å². The van der Waals surface area contributed by atoms with Gasteiger partial charge in [-0.25, -0.2) is 8.42 Å². The van der Waals surface area contributed by atoms with E-state index in [4.69, 9.17) is 13.0 Å². The number of nitrogens with zero attached hydrogens (tertiary/aromatic N) is 1. The predicted molar refractivity (Wildman–Crippen MR) is 99.7 cm³/mol. The molecule has 0 radical (unpaired) electrons. The predicted octanol–water partition coefficient (Wildman–Crippen LogP) is 2.67. The Morgan fingerprint density at radius 2 is 1.84 bits per heavy atom. The molecular weight excluding hydrogens is 340 g/mol. The summed E-state index contributed by atoms with van der Waals surface area (Å²) >= 11 is 0. The van der Waals surface area contributed by atoms with Gasteiger partial charge in [-0.3, -0.25) is 9.69 Å².